The van der Waals surface area contributed by atoms with Crippen molar-refractivity contribution < 1.29 is 26.9 Å². The number of ether oxygens (including phenoxy) is 1. The minimum Gasteiger partial charge on any atom is -0.465 e. The van der Waals surface area contributed by atoms with Gasteiger partial charge in [-0.05, 0) is 31.2 Å². The van der Waals surface area contributed by atoms with Gasteiger partial charge >= 0.3 is 5.97 Å². The number of sulfone groups is 1. The number of hydrogen-bond acceptors (Lipinski definition) is 6. The smallest absolute Gasteiger partial charge is 0.321 e. The van der Waals surface area contributed by atoms with E-state index in [0.717, 1.165) is 0 Å². The molecule has 3 rings (SSSR count). The third kappa shape index (κ3) is 3.30. The van der Waals surface area contributed by atoms with Crippen molar-refractivity contribution in [2.45, 2.75) is 11.8 Å². The van der Waals surface area contributed by atoms with Gasteiger partial charge in [-0.15, -0.1) is 0 Å². The van der Waals surface area contributed by atoms with Crippen LogP contribution in [0.4, 0.5) is 4.39 Å². The van der Waals surface area contributed by atoms with Crippen molar-refractivity contribution in [2.75, 3.05) is 12.4 Å². The van der Waals surface area contributed by atoms with Crippen LogP contribution in [0.2, 0.25) is 5.02 Å². The molecular formula is C17H13ClFNO5S. The molecule has 9 heteroatoms. The minimum absolute atomic E-state index is 0.00477. The standard InChI is InChI=1S/C17H13ClFNO5S/c1-2-24-14(21)9-26(22,23)13-8-7-11-16(20-25-17(11)15(13)18)10-5-3-4-6-12(10)19/h3-8H,2,9H2,1H3. The summed E-state index contributed by atoms with van der Waals surface area (Å²) in [6.45, 7) is 1.64. The molecule has 0 aliphatic heterocycles. The summed E-state index contributed by atoms with van der Waals surface area (Å²) in [5, 5.41) is 3.95. The zero-order chi connectivity index (χ0) is 18.9. The number of esters is 1. The topological polar surface area (TPSA) is 86.5 Å². The van der Waals surface area contributed by atoms with Crippen LogP contribution in [0.3, 0.4) is 0 Å². The second kappa shape index (κ2) is 7.05. The number of aromatic nitrogens is 1. The fourth-order valence-corrected chi connectivity index (χ4v) is 4.22. The summed E-state index contributed by atoms with van der Waals surface area (Å²) in [4.78, 5) is 11.2. The molecule has 2 aromatic carbocycles. The van der Waals surface area contributed by atoms with E-state index in [4.69, 9.17) is 16.1 Å². The first-order chi connectivity index (χ1) is 12.3. The third-order valence-electron chi connectivity index (χ3n) is 3.62. The Kier molecular flexibility index (Phi) is 4.97. The molecule has 0 saturated heterocycles. The number of rotatable bonds is 5. The lowest BCUT2D eigenvalue weighted by atomic mass is 10.1. The first-order valence-corrected chi connectivity index (χ1v) is 9.59. The molecule has 0 atom stereocenters. The van der Waals surface area contributed by atoms with Crippen molar-refractivity contribution in [3.63, 3.8) is 0 Å². The highest BCUT2D eigenvalue weighted by atomic mass is 35.5. The first kappa shape index (κ1) is 18.3. The molecule has 1 heterocycles. The monoisotopic (exact) mass is 397 g/mol. The maximum absolute atomic E-state index is 14.0. The first-order valence-electron chi connectivity index (χ1n) is 7.56. The van der Waals surface area contributed by atoms with E-state index in [1.807, 2.05) is 0 Å². The molecule has 26 heavy (non-hydrogen) atoms. The molecule has 0 aliphatic carbocycles. The van der Waals surface area contributed by atoms with E-state index in [0.29, 0.717) is 5.39 Å². The molecule has 1 aromatic heterocycles. The highest BCUT2D eigenvalue weighted by Crippen LogP contribution is 2.36. The van der Waals surface area contributed by atoms with Crippen LogP contribution in [0.1, 0.15) is 6.92 Å². The molecule has 0 amide bonds. The predicted octanol–water partition coefficient (Wildman–Crippen LogP) is 3.62. The van der Waals surface area contributed by atoms with Crippen LogP contribution < -0.4 is 0 Å². The fraction of sp³-hybridized carbons (Fsp3) is 0.176. The fourth-order valence-electron chi connectivity index (χ4n) is 2.48. The number of carbonyl (C=O) groups excluding carboxylic acids is 1. The quantitative estimate of drug-likeness (QED) is 0.611. The maximum atomic E-state index is 14.0. The molecule has 0 unspecified atom stereocenters. The summed E-state index contributed by atoms with van der Waals surface area (Å²) < 4.78 is 48.6. The van der Waals surface area contributed by atoms with Gasteiger partial charge in [0.25, 0.3) is 0 Å². The van der Waals surface area contributed by atoms with Crippen molar-refractivity contribution in [2.24, 2.45) is 0 Å². The zero-order valence-electron chi connectivity index (χ0n) is 13.5. The van der Waals surface area contributed by atoms with E-state index in [1.165, 1.54) is 30.3 Å². The molecule has 0 bridgehead atoms. The highest BCUT2D eigenvalue weighted by Gasteiger charge is 2.26. The van der Waals surface area contributed by atoms with E-state index in [1.54, 1.807) is 13.0 Å². The summed E-state index contributed by atoms with van der Waals surface area (Å²) in [5.41, 5.74) is 0.397. The Labute approximate surface area is 153 Å². The number of fused-ring (bicyclic) bond motifs is 1. The van der Waals surface area contributed by atoms with Gasteiger partial charge in [0.15, 0.2) is 21.2 Å². The molecular weight excluding hydrogens is 385 g/mol. The lowest BCUT2D eigenvalue weighted by molar-refractivity contribution is -0.139. The van der Waals surface area contributed by atoms with Gasteiger partial charge in [0, 0.05) is 5.56 Å². The lowest BCUT2D eigenvalue weighted by Gasteiger charge is -2.06. The number of carbonyl (C=O) groups is 1. The average molecular weight is 398 g/mol. The molecule has 136 valence electrons. The molecule has 3 aromatic rings. The third-order valence-corrected chi connectivity index (χ3v) is 5.74. The van der Waals surface area contributed by atoms with Crippen molar-refractivity contribution in [3.05, 3.63) is 47.2 Å². The second-order valence-electron chi connectivity index (χ2n) is 5.33. The van der Waals surface area contributed by atoms with Gasteiger partial charge in [0.1, 0.15) is 16.5 Å². The van der Waals surface area contributed by atoms with Gasteiger partial charge in [-0.2, -0.15) is 0 Å². The highest BCUT2D eigenvalue weighted by molar-refractivity contribution is 7.92. The van der Waals surface area contributed by atoms with Crippen LogP contribution in [0.15, 0.2) is 45.8 Å². The van der Waals surface area contributed by atoms with E-state index < -0.39 is 27.4 Å². The average Bonchev–Trinajstić information content (AvgIpc) is 3.00. The predicted molar refractivity (Wildman–Crippen MR) is 93.1 cm³/mol. The van der Waals surface area contributed by atoms with Crippen LogP contribution >= 0.6 is 11.6 Å². The van der Waals surface area contributed by atoms with Crippen molar-refractivity contribution >= 4 is 38.4 Å². The number of benzene rings is 2. The van der Waals surface area contributed by atoms with E-state index in [2.05, 4.69) is 9.89 Å². The normalized spacial score (nSPS) is 11.7. The molecule has 6 nitrogen and oxygen atoms in total. The Balaban J connectivity index is 2.09. The zero-order valence-corrected chi connectivity index (χ0v) is 15.1. The molecule has 0 radical (unpaired) electrons. The Morgan fingerprint density at radius 1 is 1.27 bits per heavy atom. The van der Waals surface area contributed by atoms with Gasteiger partial charge in [-0.1, -0.05) is 28.9 Å². The van der Waals surface area contributed by atoms with E-state index in [9.17, 15) is 17.6 Å². The summed E-state index contributed by atoms with van der Waals surface area (Å²) in [7, 11) is -4.04. The van der Waals surface area contributed by atoms with Crippen LogP contribution in [-0.4, -0.2) is 31.9 Å². The molecule has 0 saturated carbocycles. The van der Waals surface area contributed by atoms with Crippen molar-refractivity contribution in [3.8, 4) is 11.3 Å². The minimum atomic E-state index is -4.04. The molecule has 0 fully saturated rings. The Bertz CT molecular complexity index is 1090. The van der Waals surface area contributed by atoms with Crippen LogP contribution in [0.5, 0.6) is 0 Å². The summed E-state index contributed by atoms with van der Waals surface area (Å²) in [6.07, 6.45) is 0. The van der Waals surface area contributed by atoms with Crippen molar-refractivity contribution in [1.29, 1.82) is 0 Å². The van der Waals surface area contributed by atoms with Crippen LogP contribution in [0.25, 0.3) is 22.2 Å². The van der Waals surface area contributed by atoms with Crippen LogP contribution in [-0.2, 0) is 19.4 Å². The number of halogens is 2. The number of hydrogen-bond donors (Lipinski definition) is 0. The summed E-state index contributed by atoms with van der Waals surface area (Å²) >= 11 is 6.17. The van der Waals surface area contributed by atoms with Gasteiger partial charge in [0.05, 0.1) is 16.9 Å². The van der Waals surface area contributed by atoms with Gasteiger partial charge in [0.2, 0.25) is 0 Å². The Hall–Kier alpha value is -2.45. The van der Waals surface area contributed by atoms with Gasteiger partial charge in [-0.25, -0.2) is 12.8 Å². The van der Waals surface area contributed by atoms with Gasteiger partial charge < -0.3 is 9.26 Å². The second-order valence-corrected chi connectivity index (χ2v) is 7.67. The summed E-state index contributed by atoms with van der Waals surface area (Å²) in [5.74, 6) is -2.23. The largest absolute Gasteiger partial charge is 0.465 e. The number of nitrogens with zero attached hydrogens (tertiary/aromatic N) is 1. The molecule has 0 aliphatic rings. The van der Waals surface area contributed by atoms with Crippen molar-refractivity contribution in [1.82, 2.24) is 5.16 Å². The summed E-state index contributed by atoms with van der Waals surface area (Å²) in [6, 6.07) is 8.62. The SMILES string of the molecule is CCOC(=O)CS(=O)(=O)c1ccc2c(-c3ccccc3F)noc2c1Cl. The maximum Gasteiger partial charge on any atom is 0.321 e. The molecule has 0 spiro atoms. The lowest BCUT2D eigenvalue weighted by Crippen LogP contribution is -2.19. The van der Waals surface area contributed by atoms with Crippen LogP contribution in [0, 0.1) is 5.82 Å². The Morgan fingerprint density at radius 3 is 2.69 bits per heavy atom. The molecule has 0 N–H and O–H groups in total. The Morgan fingerprint density at radius 2 is 2.00 bits per heavy atom. The van der Waals surface area contributed by atoms with Gasteiger partial charge in [-0.3, -0.25) is 4.79 Å². The van der Waals surface area contributed by atoms with E-state index >= 15 is 0 Å². The van der Waals surface area contributed by atoms with E-state index in [-0.39, 0.29) is 33.4 Å².